The molecular formula is C19H29Cl2N5S. The van der Waals surface area contributed by atoms with Crippen molar-refractivity contribution in [2.45, 2.75) is 57.2 Å². The molecule has 0 aromatic carbocycles. The Kier molecular flexibility index (Phi) is 6.53. The van der Waals surface area contributed by atoms with E-state index in [4.69, 9.17) is 0 Å². The van der Waals surface area contributed by atoms with E-state index in [9.17, 15) is 0 Å². The Balaban J connectivity index is 0.00000105. The number of piperidine rings is 1. The first-order valence-electron chi connectivity index (χ1n) is 9.59. The highest BCUT2D eigenvalue weighted by Gasteiger charge is 2.56. The van der Waals surface area contributed by atoms with Gasteiger partial charge in [-0.2, -0.15) is 11.3 Å². The van der Waals surface area contributed by atoms with Gasteiger partial charge < -0.3 is 9.88 Å². The highest BCUT2D eigenvalue weighted by Crippen LogP contribution is 2.56. The largest absolute Gasteiger partial charge is 0.317 e. The van der Waals surface area contributed by atoms with Gasteiger partial charge in [-0.1, -0.05) is 0 Å². The molecule has 3 aliphatic rings. The standard InChI is InChI=1S/C19H27N5S.2ClH/c1-23-17(21-22-18(23)15-2-3-15)12-24(11-14-4-9-25-13-14)16-10-19(16)5-7-20-8-6-19;;/h4,9,13,15-16,20H,2-3,5-8,10-12H2,1H3;2*1H. The molecule has 1 N–H and O–H groups in total. The van der Waals surface area contributed by atoms with E-state index < -0.39 is 0 Å². The van der Waals surface area contributed by atoms with Gasteiger partial charge in [0.2, 0.25) is 0 Å². The minimum Gasteiger partial charge on any atom is -0.317 e. The van der Waals surface area contributed by atoms with Gasteiger partial charge in [0.15, 0.2) is 0 Å². The summed E-state index contributed by atoms with van der Waals surface area (Å²) in [6.45, 7) is 4.32. The minimum absolute atomic E-state index is 0. The fraction of sp³-hybridized carbons (Fsp3) is 0.684. The van der Waals surface area contributed by atoms with Gasteiger partial charge in [-0.05, 0) is 73.0 Å². The Hall–Kier alpha value is -0.660. The van der Waals surface area contributed by atoms with Crippen LogP contribution in [0.2, 0.25) is 0 Å². The fourth-order valence-corrected chi connectivity index (χ4v) is 5.25. The molecule has 1 saturated heterocycles. The molecule has 1 aliphatic heterocycles. The second-order valence-electron chi connectivity index (χ2n) is 8.18. The van der Waals surface area contributed by atoms with Crippen LogP contribution in [0.25, 0.3) is 0 Å². The number of hydrogen-bond acceptors (Lipinski definition) is 5. The van der Waals surface area contributed by atoms with Gasteiger partial charge in [-0.15, -0.1) is 35.0 Å². The number of rotatable bonds is 6. The summed E-state index contributed by atoms with van der Waals surface area (Å²) in [5.41, 5.74) is 1.99. The summed E-state index contributed by atoms with van der Waals surface area (Å²) in [6, 6.07) is 2.97. The summed E-state index contributed by atoms with van der Waals surface area (Å²) in [7, 11) is 2.15. The fourth-order valence-electron chi connectivity index (χ4n) is 4.59. The molecule has 1 spiro atoms. The quantitative estimate of drug-likeness (QED) is 0.759. The molecule has 0 radical (unpaired) electrons. The molecule has 3 fully saturated rings. The average molecular weight is 430 g/mol. The summed E-state index contributed by atoms with van der Waals surface area (Å²) in [6.07, 6.45) is 6.56. The van der Waals surface area contributed by atoms with Gasteiger partial charge >= 0.3 is 0 Å². The van der Waals surface area contributed by atoms with Crippen molar-refractivity contribution < 1.29 is 0 Å². The summed E-state index contributed by atoms with van der Waals surface area (Å²) in [5.74, 6) is 2.99. The predicted octanol–water partition coefficient (Wildman–Crippen LogP) is 3.74. The lowest BCUT2D eigenvalue weighted by atomic mass is 9.93. The van der Waals surface area contributed by atoms with Gasteiger partial charge in [-0.3, -0.25) is 4.90 Å². The van der Waals surface area contributed by atoms with Crippen LogP contribution in [-0.2, 0) is 20.1 Å². The second kappa shape index (κ2) is 8.37. The predicted molar refractivity (Wildman–Crippen MR) is 114 cm³/mol. The molecule has 2 aromatic heterocycles. The van der Waals surface area contributed by atoms with Gasteiger partial charge in [0.1, 0.15) is 11.6 Å². The Morgan fingerprint density at radius 2 is 2.00 bits per heavy atom. The average Bonchev–Trinajstić information content (AvgIpc) is 3.49. The molecule has 2 aliphatic carbocycles. The van der Waals surface area contributed by atoms with Crippen LogP contribution in [0.5, 0.6) is 0 Å². The highest BCUT2D eigenvalue weighted by atomic mass is 35.5. The summed E-state index contributed by atoms with van der Waals surface area (Å²) in [5, 5.41) is 17.0. The Bertz CT molecular complexity index is 737. The van der Waals surface area contributed by atoms with Crippen LogP contribution in [0.15, 0.2) is 16.8 Å². The van der Waals surface area contributed by atoms with Crippen molar-refractivity contribution in [3.63, 3.8) is 0 Å². The molecule has 1 atom stereocenters. The molecule has 5 rings (SSSR count). The molecule has 3 heterocycles. The Morgan fingerprint density at radius 1 is 1.22 bits per heavy atom. The highest BCUT2D eigenvalue weighted by molar-refractivity contribution is 7.07. The van der Waals surface area contributed by atoms with Crippen molar-refractivity contribution in [2.24, 2.45) is 12.5 Å². The van der Waals surface area contributed by atoms with Crippen LogP contribution in [0.1, 0.15) is 55.2 Å². The summed E-state index contributed by atoms with van der Waals surface area (Å²) < 4.78 is 2.26. The maximum absolute atomic E-state index is 4.55. The van der Waals surface area contributed by atoms with Crippen LogP contribution in [0, 0.1) is 5.41 Å². The van der Waals surface area contributed by atoms with Crippen LogP contribution >= 0.6 is 36.2 Å². The van der Waals surface area contributed by atoms with E-state index >= 15 is 0 Å². The van der Waals surface area contributed by atoms with Gasteiger partial charge in [-0.25, -0.2) is 0 Å². The number of nitrogens with zero attached hydrogens (tertiary/aromatic N) is 4. The molecule has 1 unspecified atom stereocenters. The van der Waals surface area contributed by atoms with Crippen LogP contribution in [0.3, 0.4) is 0 Å². The Labute approximate surface area is 177 Å². The maximum Gasteiger partial charge on any atom is 0.146 e. The second-order valence-corrected chi connectivity index (χ2v) is 8.96. The minimum atomic E-state index is 0. The van der Waals surface area contributed by atoms with Gasteiger partial charge in [0.25, 0.3) is 0 Å². The third-order valence-electron chi connectivity index (χ3n) is 6.44. The lowest BCUT2D eigenvalue weighted by Gasteiger charge is -2.29. The normalized spacial score (nSPS) is 23.1. The van der Waals surface area contributed by atoms with E-state index in [0.29, 0.717) is 17.4 Å². The molecule has 0 amide bonds. The molecule has 0 bridgehead atoms. The van der Waals surface area contributed by atoms with E-state index in [-0.39, 0.29) is 24.8 Å². The number of hydrogen-bond donors (Lipinski definition) is 1. The topological polar surface area (TPSA) is 46.0 Å². The zero-order valence-corrected chi connectivity index (χ0v) is 18.2. The zero-order valence-electron chi connectivity index (χ0n) is 15.8. The molecular weight excluding hydrogens is 401 g/mol. The lowest BCUT2D eigenvalue weighted by molar-refractivity contribution is 0.182. The van der Waals surface area contributed by atoms with Crippen molar-refractivity contribution >= 4 is 36.2 Å². The monoisotopic (exact) mass is 429 g/mol. The molecule has 8 heteroatoms. The number of halogens is 2. The Morgan fingerprint density at radius 3 is 2.67 bits per heavy atom. The van der Waals surface area contributed by atoms with E-state index in [0.717, 1.165) is 18.9 Å². The lowest BCUT2D eigenvalue weighted by Crippen LogP contribution is -2.36. The van der Waals surface area contributed by atoms with E-state index in [2.05, 4.69) is 48.9 Å². The van der Waals surface area contributed by atoms with Crippen molar-refractivity contribution in [3.8, 4) is 0 Å². The number of nitrogens with one attached hydrogen (secondary N) is 1. The van der Waals surface area contributed by atoms with Gasteiger partial charge in [0, 0.05) is 25.6 Å². The van der Waals surface area contributed by atoms with Crippen molar-refractivity contribution in [1.82, 2.24) is 25.0 Å². The summed E-state index contributed by atoms with van der Waals surface area (Å²) in [4.78, 5) is 2.67. The molecule has 27 heavy (non-hydrogen) atoms. The van der Waals surface area contributed by atoms with Crippen LogP contribution in [0.4, 0.5) is 0 Å². The van der Waals surface area contributed by atoms with Crippen molar-refractivity contribution in [2.75, 3.05) is 13.1 Å². The maximum atomic E-state index is 4.55. The molecule has 2 aromatic rings. The van der Waals surface area contributed by atoms with E-state index in [1.165, 1.54) is 56.6 Å². The third-order valence-corrected chi connectivity index (χ3v) is 7.17. The SMILES string of the molecule is Cl.Cl.Cn1c(CN(Cc2ccsc2)C2CC23CCNCC3)nnc1C1CC1. The molecule has 5 nitrogen and oxygen atoms in total. The smallest absolute Gasteiger partial charge is 0.146 e. The van der Waals surface area contributed by atoms with Crippen LogP contribution < -0.4 is 5.32 Å². The number of thiophene rings is 1. The number of aromatic nitrogens is 3. The van der Waals surface area contributed by atoms with E-state index in [1.807, 2.05) is 0 Å². The third kappa shape index (κ3) is 4.20. The first-order chi connectivity index (χ1) is 12.3. The first-order valence-corrected chi connectivity index (χ1v) is 10.5. The zero-order chi connectivity index (χ0) is 16.9. The van der Waals surface area contributed by atoms with E-state index in [1.54, 1.807) is 11.3 Å². The van der Waals surface area contributed by atoms with Crippen LogP contribution in [-0.4, -0.2) is 38.8 Å². The molecule has 2 saturated carbocycles. The summed E-state index contributed by atoms with van der Waals surface area (Å²) >= 11 is 1.80. The van der Waals surface area contributed by atoms with Crippen molar-refractivity contribution in [1.29, 1.82) is 0 Å². The first kappa shape index (κ1) is 21.1. The van der Waals surface area contributed by atoms with Gasteiger partial charge in [0.05, 0.1) is 6.54 Å². The van der Waals surface area contributed by atoms with Crippen molar-refractivity contribution in [3.05, 3.63) is 34.0 Å². The molecule has 150 valence electrons.